The fourth-order valence-corrected chi connectivity index (χ4v) is 2.88. The number of hydrogen-bond donors (Lipinski definition) is 0. The average molecular weight is 260 g/mol. The summed E-state index contributed by atoms with van der Waals surface area (Å²) in [6.45, 7) is 3.80. The van der Waals surface area contributed by atoms with Crippen LogP contribution in [0.4, 0.5) is 0 Å². The molecule has 0 aliphatic heterocycles. The summed E-state index contributed by atoms with van der Waals surface area (Å²) < 4.78 is 0. The molecule has 0 N–H and O–H groups in total. The molecule has 1 aliphatic rings. The summed E-state index contributed by atoms with van der Waals surface area (Å²) >= 11 is 0. The largest absolute Gasteiger partial charge is 0.287 e. The van der Waals surface area contributed by atoms with E-state index in [1.165, 1.54) is 0 Å². The number of aromatic nitrogens is 2. The van der Waals surface area contributed by atoms with E-state index >= 15 is 0 Å². The quantitative estimate of drug-likeness (QED) is 0.578. The fourth-order valence-electron chi connectivity index (χ4n) is 2.88. The van der Waals surface area contributed by atoms with Crippen molar-refractivity contribution in [2.75, 3.05) is 0 Å². The van der Waals surface area contributed by atoms with Crippen LogP contribution in [0.5, 0.6) is 0 Å². The predicted molar refractivity (Wildman–Crippen MR) is 79.6 cm³/mol. The molecule has 0 amide bonds. The van der Waals surface area contributed by atoms with Crippen LogP contribution in [0, 0.1) is 0 Å². The van der Waals surface area contributed by atoms with Gasteiger partial charge in [-0.1, -0.05) is 18.2 Å². The molecule has 96 valence electrons. The molecule has 20 heavy (non-hydrogen) atoms. The molecule has 0 spiro atoms. The Morgan fingerprint density at radius 2 is 1.70 bits per heavy atom. The van der Waals surface area contributed by atoms with E-state index in [1.54, 1.807) is 6.20 Å². The van der Waals surface area contributed by atoms with Crippen LogP contribution in [-0.4, -0.2) is 15.8 Å². The fraction of sp³-hybridized carbons (Fsp3) is 0.118. The Bertz CT molecular complexity index is 938. The van der Waals surface area contributed by atoms with Gasteiger partial charge < -0.3 is 0 Å². The highest BCUT2D eigenvalue weighted by atomic mass is 16.1. The van der Waals surface area contributed by atoms with E-state index in [1.807, 2.05) is 44.2 Å². The summed E-state index contributed by atoms with van der Waals surface area (Å²) in [5, 5.41) is 3.00. The molecule has 3 nitrogen and oxygen atoms in total. The lowest BCUT2D eigenvalue weighted by Crippen LogP contribution is -2.13. The number of allylic oxidation sites excluding steroid dienone is 2. The smallest absolute Gasteiger partial charge is 0.208 e. The molecule has 0 bridgehead atoms. The third-order valence-electron chi connectivity index (χ3n) is 4.09. The van der Waals surface area contributed by atoms with Gasteiger partial charge in [0.2, 0.25) is 5.78 Å². The van der Waals surface area contributed by atoms with Gasteiger partial charge in [0, 0.05) is 22.5 Å². The summed E-state index contributed by atoms with van der Waals surface area (Å²) in [6.07, 6.45) is 1.81. The third kappa shape index (κ3) is 1.27. The van der Waals surface area contributed by atoms with Gasteiger partial charge in [-0.25, -0.2) is 4.98 Å². The molecule has 0 fully saturated rings. The van der Waals surface area contributed by atoms with Crippen molar-refractivity contribution < 1.29 is 4.79 Å². The van der Waals surface area contributed by atoms with E-state index in [-0.39, 0.29) is 5.78 Å². The van der Waals surface area contributed by atoms with Gasteiger partial charge in [0.15, 0.2) is 0 Å². The van der Waals surface area contributed by atoms with Crippen LogP contribution >= 0.6 is 0 Å². The topological polar surface area (TPSA) is 42.9 Å². The maximum absolute atomic E-state index is 12.5. The first kappa shape index (κ1) is 11.3. The summed E-state index contributed by atoms with van der Waals surface area (Å²) in [7, 11) is 0. The Morgan fingerprint density at radius 3 is 2.55 bits per heavy atom. The van der Waals surface area contributed by atoms with Crippen LogP contribution < -0.4 is 0 Å². The molecule has 2 heterocycles. The molecular weight excluding hydrogens is 248 g/mol. The minimum absolute atomic E-state index is 0.0127. The van der Waals surface area contributed by atoms with E-state index in [2.05, 4.69) is 9.97 Å². The van der Waals surface area contributed by atoms with Gasteiger partial charge in [0.25, 0.3) is 0 Å². The van der Waals surface area contributed by atoms with Crippen LogP contribution in [0.15, 0.2) is 42.1 Å². The number of carbonyl (C=O) groups excluding carboxylic acids is 1. The minimum Gasteiger partial charge on any atom is -0.287 e. The monoisotopic (exact) mass is 260 g/mol. The Balaban J connectivity index is 2.33. The van der Waals surface area contributed by atoms with Gasteiger partial charge in [-0.3, -0.25) is 9.78 Å². The average Bonchev–Trinajstić information content (AvgIpc) is 2.50. The highest BCUT2D eigenvalue weighted by molar-refractivity contribution is 6.26. The van der Waals surface area contributed by atoms with Crippen LogP contribution in [0.3, 0.4) is 0 Å². The molecule has 0 unspecified atom stereocenters. The Morgan fingerprint density at radius 1 is 0.900 bits per heavy atom. The number of carbonyl (C=O) groups is 1. The number of rotatable bonds is 0. The maximum atomic E-state index is 12.5. The van der Waals surface area contributed by atoms with E-state index in [9.17, 15) is 4.79 Å². The zero-order valence-electron chi connectivity index (χ0n) is 11.3. The lowest BCUT2D eigenvalue weighted by molar-refractivity contribution is 0.103. The zero-order valence-corrected chi connectivity index (χ0v) is 11.3. The summed E-state index contributed by atoms with van der Waals surface area (Å²) in [6, 6.07) is 9.88. The molecule has 0 saturated carbocycles. The molecule has 0 radical (unpaired) electrons. The molecule has 2 aromatic heterocycles. The van der Waals surface area contributed by atoms with Crippen molar-refractivity contribution >= 4 is 33.0 Å². The number of pyridine rings is 2. The van der Waals surface area contributed by atoms with Crippen LogP contribution in [0.25, 0.3) is 27.2 Å². The molecule has 3 aromatic rings. The maximum Gasteiger partial charge on any atom is 0.208 e. The van der Waals surface area contributed by atoms with Gasteiger partial charge in [0.1, 0.15) is 5.69 Å². The summed E-state index contributed by atoms with van der Waals surface area (Å²) in [4.78, 5) is 21.5. The Hall–Kier alpha value is -2.55. The van der Waals surface area contributed by atoms with Crippen LogP contribution in [-0.2, 0) is 0 Å². The predicted octanol–water partition coefficient (Wildman–Crippen LogP) is 3.77. The number of nitrogens with zero attached hydrogens (tertiary/aromatic N) is 2. The van der Waals surface area contributed by atoms with Gasteiger partial charge in [0.05, 0.1) is 11.2 Å². The molecular formula is C17H12N2O. The number of benzene rings is 1. The van der Waals surface area contributed by atoms with E-state index in [4.69, 9.17) is 0 Å². The summed E-state index contributed by atoms with van der Waals surface area (Å²) in [5.74, 6) is 0.0127. The number of ketones is 1. The van der Waals surface area contributed by atoms with Crippen molar-refractivity contribution in [1.82, 2.24) is 9.97 Å². The highest BCUT2D eigenvalue weighted by Gasteiger charge is 2.26. The molecule has 4 rings (SSSR count). The minimum atomic E-state index is 0.0127. The third-order valence-corrected chi connectivity index (χ3v) is 4.09. The second kappa shape index (κ2) is 3.73. The van der Waals surface area contributed by atoms with E-state index in [0.29, 0.717) is 5.69 Å². The lowest BCUT2D eigenvalue weighted by Gasteiger charge is -2.18. The first-order valence-corrected chi connectivity index (χ1v) is 6.58. The standard InChI is InChI=1S/C17H12N2O/c1-9-10(2)17(20)16-14-12(7-8-18-15(9)14)11-5-3-4-6-13(11)19-16/h3-8H,1-2H3. The second-order valence-electron chi connectivity index (χ2n) is 5.14. The lowest BCUT2D eigenvalue weighted by atomic mass is 9.89. The highest BCUT2D eigenvalue weighted by Crippen LogP contribution is 2.36. The number of hydrogen-bond acceptors (Lipinski definition) is 3. The number of Topliss-reactive ketones (excluding diaryl/α,β-unsaturated/α-hetero) is 1. The first-order valence-electron chi connectivity index (χ1n) is 6.58. The van der Waals surface area contributed by atoms with Crippen molar-refractivity contribution in [1.29, 1.82) is 0 Å². The molecule has 3 heteroatoms. The van der Waals surface area contributed by atoms with Gasteiger partial charge in [-0.05, 0) is 36.9 Å². The van der Waals surface area contributed by atoms with E-state index in [0.717, 1.165) is 38.5 Å². The van der Waals surface area contributed by atoms with Gasteiger partial charge in [-0.15, -0.1) is 0 Å². The second-order valence-corrected chi connectivity index (χ2v) is 5.14. The first-order chi connectivity index (χ1) is 9.68. The van der Waals surface area contributed by atoms with Crippen molar-refractivity contribution in [3.63, 3.8) is 0 Å². The Labute approximate surface area is 116 Å². The molecule has 1 aliphatic carbocycles. The van der Waals surface area contributed by atoms with Crippen LogP contribution in [0.1, 0.15) is 30.0 Å². The van der Waals surface area contributed by atoms with Crippen molar-refractivity contribution in [2.24, 2.45) is 0 Å². The molecule has 0 saturated heterocycles. The van der Waals surface area contributed by atoms with Gasteiger partial charge >= 0.3 is 0 Å². The zero-order chi connectivity index (χ0) is 13.9. The van der Waals surface area contributed by atoms with Crippen LogP contribution in [0.2, 0.25) is 0 Å². The van der Waals surface area contributed by atoms with Crippen molar-refractivity contribution in [3.05, 3.63) is 53.5 Å². The summed E-state index contributed by atoms with van der Waals surface area (Å²) in [5.41, 5.74) is 3.95. The molecule has 1 aromatic carbocycles. The van der Waals surface area contributed by atoms with E-state index < -0.39 is 0 Å². The van der Waals surface area contributed by atoms with Gasteiger partial charge in [-0.2, -0.15) is 0 Å². The number of para-hydroxylation sites is 1. The van der Waals surface area contributed by atoms with Crippen molar-refractivity contribution in [3.8, 4) is 0 Å². The molecule has 0 atom stereocenters. The number of fused-ring (bicyclic) bond motifs is 2. The SMILES string of the molecule is CC1=C(C)c2nccc3c2c(nc2ccccc23)C1=O. The normalized spacial score (nSPS) is 14.4. The Kier molecular flexibility index (Phi) is 2.11. The van der Waals surface area contributed by atoms with Crippen molar-refractivity contribution in [2.45, 2.75) is 13.8 Å².